The largest absolute Gasteiger partial charge is 0.477 e. The Hall–Kier alpha value is -2.30. The van der Waals surface area contributed by atoms with Crippen molar-refractivity contribution in [3.63, 3.8) is 0 Å². The number of carbonyl (C=O) groups excluding carboxylic acids is 1. The maximum absolute atomic E-state index is 12.2. The predicted molar refractivity (Wildman–Crippen MR) is 71.5 cm³/mol. The molecule has 0 unspecified atom stereocenters. The van der Waals surface area contributed by atoms with Crippen LogP contribution in [0.3, 0.4) is 0 Å². The molecule has 0 aliphatic carbocycles. The van der Waals surface area contributed by atoms with E-state index in [1.54, 1.807) is 10.9 Å². The van der Waals surface area contributed by atoms with E-state index in [9.17, 15) is 4.79 Å². The van der Waals surface area contributed by atoms with Gasteiger partial charge in [0.1, 0.15) is 5.56 Å². The van der Waals surface area contributed by atoms with Crippen LogP contribution in [0.25, 0.3) is 0 Å². The summed E-state index contributed by atoms with van der Waals surface area (Å²) < 4.78 is 7.24. The van der Waals surface area contributed by atoms with Crippen molar-refractivity contribution >= 4 is 11.6 Å². The zero-order valence-electron chi connectivity index (χ0n) is 10.7. The van der Waals surface area contributed by atoms with Crippen molar-refractivity contribution in [3.8, 4) is 5.88 Å². The van der Waals surface area contributed by atoms with Gasteiger partial charge in [-0.3, -0.25) is 4.79 Å². The van der Waals surface area contributed by atoms with Crippen LogP contribution in [0.15, 0.2) is 30.5 Å². The van der Waals surface area contributed by atoms with Gasteiger partial charge in [-0.15, -0.1) is 0 Å². The van der Waals surface area contributed by atoms with Gasteiger partial charge in [0.2, 0.25) is 5.88 Å². The Kier molecular flexibility index (Phi) is 2.95. The van der Waals surface area contributed by atoms with Gasteiger partial charge in [0, 0.05) is 18.7 Å². The summed E-state index contributed by atoms with van der Waals surface area (Å²) in [6.07, 6.45) is 2.48. The molecule has 1 N–H and O–H groups in total. The molecular weight excluding hydrogens is 242 g/mol. The van der Waals surface area contributed by atoms with Crippen LogP contribution in [0.2, 0.25) is 0 Å². The van der Waals surface area contributed by atoms with Crippen LogP contribution in [0.4, 0.5) is 5.69 Å². The number of nitrogens with zero attached hydrogens (tertiary/aromatic N) is 2. The molecule has 1 aliphatic heterocycles. The molecule has 0 bridgehead atoms. The molecule has 3 rings (SSSR count). The van der Waals surface area contributed by atoms with Crippen LogP contribution in [0.5, 0.6) is 5.88 Å². The van der Waals surface area contributed by atoms with Crippen LogP contribution in [-0.4, -0.2) is 22.3 Å². The summed E-state index contributed by atoms with van der Waals surface area (Å²) in [5.74, 6) is 0.378. The maximum Gasteiger partial charge on any atom is 0.262 e. The summed E-state index contributed by atoms with van der Waals surface area (Å²) in [6, 6.07) is 7.67. The summed E-state index contributed by atoms with van der Waals surface area (Å²) in [6.45, 7) is 3.44. The van der Waals surface area contributed by atoms with E-state index in [1.807, 2.05) is 31.2 Å². The standard InChI is InChI=1S/C14H15N3O2/c1-10-3-5-11(6-4-10)16-13(18)12-9-15-17-7-2-8-19-14(12)17/h3-6,9H,2,7-8H2,1H3,(H,16,18). The van der Waals surface area contributed by atoms with E-state index in [2.05, 4.69) is 10.4 Å². The fourth-order valence-electron chi connectivity index (χ4n) is 2.06. The molecule has 0 saturated heterocycles. The highest BCUT2D eigenvalue weighted by Gasteiger charge is 2.21. The van der Waals surface area contributed by atoms with Gasteiger partial charge in [0.15, 0.2) is 0 Å². The van der Waals surface area contributed by atoms with E-state index in [-0.39, 0.29) is 5.91 Å². The summed E-state index contributed by atoms with van der Waals surface area (Å²) in [4.78, 5) is 12.2. The Morgan fingerprint density at radius 3 is 2.95 bits per heavy atom. The molecule has 0 fully saturated rings. The molecule has 1 aromatic carbocycles. The number of nitrogens with one attached hydrogen (secondary N) is 1. The van der Waals surface area contributed by atoms with E-state index in [0.717, 1.165) is 24.2 Å². The second-order valence-corrected chi connectivity index (χ2v) is 4.61. The number of aromatic nitrogens is 2. The number of carbonyl (C=O) groups is 1. The topological polar surface area (TPSA) is 56.2 Å². The smallest absolute Gasteiger partial charge is 0.262 e. The SMILES string of the molecule is Cc1ccc(NC(=O)c2cnn3c2OCCC3)cc1. The molecule has 19 heavy (non-hydrogen) atoms. The zero-order chi connectivity index (χ0) is 13.2. The van der Waals surface area contributed by atoms with Gasteiger partial charge in [-0.1, -0.05) is 17.7 Å². The fourth-order valence-corrected chi connectivity index (χ4v) is 2.06. The quantitative estimate of drug-likeness (QED) is 0.897. The van der Waals surface area contributed by atoms with Crippen molar-refractivity contribution in [2.45, 2.75) is 19.9 Å². The first-order valence-electron chi connectivity index (χ1n) is 6.30. The highest BCUT2D eigenvalue weighted by Crippen LogP contribution is 2.23. The lowest BCUT2D eigenvalue weighted by molar-refractivity contribution is 0.102. The van der Waals surface area contributed by atoms with Crippen LogP contribution in [0.1, 0.15) is 22.3 Å². The maximum atomic E-state index is 12.2. The van der Waals surface area contributed by atoms with Crippen LogP contribution in [-0.2, 0) is 6.54 Å². The normalized spacial score (nSPS) is 13.5. The molecule has 5 heteroatoms. The van der Waals surface area contributed by atoms with E-state index >= 15 is 0 Å². The monoisotopic (exact) mass is 257 g/mol. The number of amides is 1. The summed E-state index contributed by atoms with van der Waals surface area (Å²) in [5.41, 5.74) is 2.41. The minimum atomic E-state index is -0.188. The summed E-state index contributed by atoms with van der Waals surface area (Å²) in [7, 11) is 0. The molecule has 1 amide bonds. The number of ether oxygens (including phenoxy) is 1. The first kappa shape index (κ1) is 11.8. The average Bonchev–Trinajstić information content (AvgIpc) is 2.85. The first-order chi connectivity index (χ1) is 9.24. The molecule has 1 aliphatic rings. The number of fused-ring (bicyclic) bond motifs is 1. The van der Waals surface area contributed by atoms with E-state index in [1.165, 1.54) is 0 Å². The zero-order valence-corrected chi connectivity index (χ0v) is 10.7. The number of rotatable bonds is 2. The number of benzene rings is 1. The van der Waals surface area contributed by atoms with Crippen molar-refractivity contribution in [1.29, 1.82) is 0 Å². The number of hydrogen-bond acceptors (Lipinski definition) is 3. The van der Waals surface area contributed by atoms with Gasteiger partial charge in [-0.25, -0.2) is 4.68 Å². The predicted octanol–water partition coefficient (Wildman–Crippen LogP) is 2.23. The van der Waals surface area contributed by atoms with Crippen molar-refractivity contribution in [2.24, 2.45) is 0 Å². The van der Waals surface area contributed by atoms with Gasteiger partial charge in [-0.2, -0.15) is 5.10 Å². The Morgan fingerprint density at radius 1 is 1.37 bits per heavy atom. The highest BCUT2D eigenvalue weighted by atomic mass is 16.5. The van der Waals surface area contributed by atoms with Gasteiger partial charge in [-0.05, 0) is 19.1 Å². The van der Waals surface area contributed by atoms with Gasteiger partial charge < -0.3 is 10.1 Å². The first-order valence-corrected chi connectivity index (χ1v) is 6.30. The third-order valence-electron chi connectivity index (χ3n) is 3.10. The number of aryl methyl sites for hydroxylation is 2. The fraction of sp³-hybridized carbons (Fsp3) is 0.286. The lowest BCUT2D eigenvalue weighted by atomic mass is 10.2. The van der Waals surface area contributed by atoms with Crippen molar-refractivity contribution < 1.29 is 9.53 Å². The lowest BCUT2D eigenvalue weighted by Crippen LogP contribution is -2.18. The van der Waals surface area contributed by atoms with Gasteiger partial charge in [0.05, 0.1) is 12.8 Å². The second-order valence-electron chi connectivity index (χ2n) is 4.61. The Balaban J connectivity index is 1.80. The van der Waals surface area contributed by atoms with Crippen molar-refractivity contribution in [2.75, 3.05) is 11.9 Å². The second kappa shape index (κ2) is 4.76. The summed E-state index contributed by atoms with van der Waals surface area (Å²) >= 11 is 0. The molecule has 5 nitrogen and oxygen atoms in total. The Bertz CT molecular complexity index is 602. The van der Waals surface area contributed by atoms with Crippen LogP contribution >= 0.6 is 0 Å². The molecule has 2 aromatic rings. The minimum absolute atomic E-state index is 0.188. The number of hydrogen-bond donors (Lipinski definition) is 1. The average molecular weight is 257 g/mol. The van der Waals surface area contributed by atoms with E-state index in [0.29, 0.717) is 18.1 Å². The highest BCUT2D eigenvalue weighted by molar-refractivity contribution is 6.05. The molecule has 2 heterocycles. The molecule has 0 atom stereocenters. The van der Waals surface area contributed by atoms with Gasteiger partial charge in [0.25, 0.3) is 5.91 Å². The molecular formula is C14H15N3O2. The van der Waals surface area contributed by atoms with Crippen LogP contribution < -0.4 is 10.1 Å². The molecule has 0 radical (unpaired) electrons. The molecule has 0 saturated carbocycles. The minimum Gasteiger partial charge on any atom is -0.477 e. The number of anilines is 1. The van der Waals surface area contributed by atoms with Gasteiger partial charge >= 0.3 is 0 Å². The third-order valence-corrected chi connectivity index (χ3v) is 3.10. The van der Waals surface area contributed by atoms with E-state index in [4.69, 9.17) is 4.74 Å². The summed E-state index contributed by atoms with van der Waals surface area (Å²) in [5, 5.41) is 7.01. The van der Waals surface area contributed by atoms with Crippen molar-refractivity contribution in [3.05, 3.63) is 41.6 Å². The molecule has 98 valence electrons. The lowest BCUT2D eigenvalue weighted by Gasteiger charge is -2.15. The third kappa shape index (κ3) is 2.31. The van der Waals surface area contributed by atoms with E-state index < -0.39 is 0 Å². The van der Waals surface area contributed by atoms with Crippen molar-refractivity contribution in [1.82, 2.24) is 9.78 Å². The Morgan fingerprint density at radius 2 is 2.16 bits per heavy atom. The van der Waals surface area contributed by atoms with Crippen LogP contribution in [0, 0.1) is 6.92 Å². The molecule has 0 spiro atoms. The molecule has 1 aromatic heterocycles. The Labute approximate surface area is 111 Å².